The van der Waals surface area contributed by atoms with Crippen LogP contribution in [-0.2, 0) is 24.2 Å². The molecule has 4 aliphatic rings. The molecule has 5 unspecified atom stereocenters. The first kappa shape index (κ1) is 24.1. The largest absolute Gasteiger partial charge is 0.592 e. The monoisotopic (exact) mass is 506 g/mol. The molecular weight excluding hydrogens is 468 g/mol. The number of nitrogens with zero attached hydrogens (tertiary/aromatic N) is 3. The molecule has 2 aromatic carbocycles. The normalized spacial score (nSPS) is 28.9. The molecule has 2 aliphatic heterocycles. The van der Waals surface area contributed by atoms with Gasteiger partial charge in [0, 0.05) is 50.9 Å². The van der Waals surface area contributed by atoms with Gasteiger partial charge in [-0.2, -0.15) is 0 Å². The first-order valence-corrected chi connectivity index (χ1v) is 14.4. The van der Waals surface area contributed by atoms with Crippen molar-refractivity contribution in [1.82, 2.24) is 14.6 Å². The highest BCUT2D eigenvalue weighted by Crippen LogP contribution is 2.49. The zero-order chi connectivity index (χ0) is 24.8. The molecule has 7 nitrogen and oxygen atoms in total. The van der Waals surface area contributed by atoms with Crippen molar-refractivity contribution in [3.63, 3.8) is 0 Å². The fourth-order valence-electron chi connectivity index (χ4n) is 6.55. The molecular formula is C28H38N6OS. The first-order valence-electron chi connectivity index (χ1n) is 13.2. The van der Waals surface area contributed by atoms with E-state index >= 15 is 0 Å². The number of nitrogens with two attached hydrogens (primary N) is 2. The molecule has 6 rings (SSSR count). The van der Waals surface area contributed by atoms with E-state index in [0.717, 1.165) is 31.3 Å². The Balaban J connectivity index is 1.18. The highest BCUT2D eigenvalue weighted by molar-refractivity contribution is 7.93. The van der Waals surface area contributed by atoms with Crippen LogP contribution >= 0.6 is 0 Å². The summed E-state index contributed by atoms with van der Waals surface area (Å²) in [5.41, 5.74) is 11.6. The Morgan fingerprint density at radius 2 is 1.89 bits per heavy atom. The van der Waals surface area contributed by atoms with E-state index in [1.54, 1.807) is 7.05 Å². The predicted molar refractivity (Wildman–Crippen MR) is 146 cm³/mol. The number of hydrogen-bond acceptors (Lipinski definition) is 7. The van der Waals surface area contributed by atoms with Crippen LogP contribution in [0, 0.1) is 11.8 Å². The van der Waals surface area contributed by atoms with Gasteiger partial charge in [0.15, 0.2) is 0 Å². The van der Waals surface area contributed by atoms with Gasteiger partial charge in [0.25, 0.3) is 5.03 Å². The average Bonchev–Trinajstić information content (AvgIpc) is 3.45. The highest BCUT2D eigenvalue weighted by atomic mass is 32.2. The Morgan fingerprint density at radius 3 is 2.61 bits per heavy atom. The number of hydrogen-bond donors (Lipinski definition) is 3. The van der Waals surface area contributed by atoms with Crippen molar-refractivity contribution in [3.8, 4) is 0 Å². The number of anilines is 1. The molecule has 2 aromatic rings. The minimum Gasteiger partial charge on any atom is -0.592 e. The van der Waals surface area contributed by atoms with E-state index in [0.29, 0.717) is 12.0 Å². The van der Waals surface area contributed by atoms with Crippen LogP contribution in [0.1, 0.15) is 35.4 Å². The van der Waals surface area contributed by atoms with E-state index in [2.05, 4.69) is 63.1 Å². The highest BCUT2D eigenvalue weighted by Gasteiger charge is 2.48. The summed E-state index contributed by atoms with van der Waals surface area (Å²) in [6.07, 6.45) is 6.46. The average molecular weight is 507 g/mol. The van der Waals surface area contributed by atoms with Crippen LogP contribution < -0.4 is 21.2 Å². The van der Waals surface area contributed by atoms with Gasteiger partial charge in [-0.25, -0.2) is 5.84 Å². The molecule has 192 valence electrons. The van der Waals surface area contributed by atoms with Crippen molar-refractivity contribution in [2.75, 3.05) is 38.1 Å². The summed E-state index contributed by atoms with van der Waals surface area (Å²) in [4.78, 5) is 5.19. The van der Waals surface area contributed by atoms with Gasteiger partial charge in [-0.15, -0.1) is 4.72 Å². The molecule has 3 fully saturated rings. The summed E-state index contributed by atoms with van der Waals surface area (Å²) in [5.74, 6) is 8.02. The van der Waals surface area contributed by atoms with E-state index in [1.807, 2.05) is 0 Å². The van der Waals surface area contributed by atoms with Crippen LogP contribution in [0.2, 0.25) is 0 Å². The Labute approximate surface area is 217 Å². The van der Waals surface area contributed by atoms with Crippen LogP contribution in [0.25, 0.3) is 0 Å². The van der Waals surface area contributed by atoms with Gasteiger partial charge < -0.3 is 20.2 Å². The standard InChI is InChI=1S/C28H38N6OS/c1-32(30)18-28(29)36(35)31-23-16-33(17-23)24-9-7-20-8-10-27(34-14-21-12-22(21)15-34)26(25(20)13-24)11-19-5-3-2-4-6-19/h2-7,9,13,18,21-23,26-27,31H,8,10-12,14-17,29-30H2,1H3/b28-18+. The number of likely N-dealkylation sites (tertiary alicyclic amines) is 1. The maximum absolute atomic E-state index is 12.4. The predicted octanol–water partition coefficient (Wildman–Crippen LogP) is 2.28. The smallest absolute Gasteiger partial charge is 0.254 e. The first-order chi connectivity index (χ1) is 17.4. The third-order valence-corrected chi connectivity index (χ3v) is 9.62. The summed E-state index contributed by atoms with van der Waals surface area (Å²) in [7, 11) is 1.66. The molecule has 0 amide bonds. The zero-order valence-corrected chi connectivity index (χ0v) is 21.9. The fourth-order valence-corrected chi connectivity index (χ4v) is 7.40. The van der Waals surface area contributed by atoms with Crippen molar-refractivity contribution >= 4 is 17.0 Å². The van der Waals surface area contributed by atoms with Crippen molar-refractivity contribution < 1.29 is 4.55 Å². The maximum Gasteiger partial charge on any atom is 0.254 e. The summed E-state index contributed by atoms with van der Waals surface area (Å²) in [6, 6.07) is 18.9. The lowest BCUT2D eigenvalue weighted by atomic mass is 9.75. The SMILES string of the molecule is CN(N)/C=C(\N)[S+]([O-])NC1CN(c2ccc3c(c2)C(Cc2ccccc2)C(N2CC4CC4C2)CC3)C1. The second kappa shape index (κ2) is 9.91. The third-order valence-electron chi connectivity index (χ3n) is 8.54. The summed E-state index contributed by atoms with van der Waals surface area (Å²) in [5, 5.41) is 1.56. The van der Waals surface area contributed by atoms with E-state index in [1.165, 1.54) is 65.9 Å². The second-order valence-electron chi connectivity index (χ2n) is 11.2. The molecule has 1 saturated carbocycles. The Kier molecular flexibility index (Phi) is 6.64. The molecule has 2 saturated heterocycles. The van der Waals surface area contributed by atoms with Gasteiger partial charge in [-0.05, 0) is 66.3 Å². The molecule has 0 spiro atoms. The molecule has 2 heterocycles. The van der Waals surface area contributed by atoms with E-state index in [4.69, 9.17) is 11.6 Å². The topological polar surface area (TPSA) is 96.8 Å². The van der Waals surface area contributed by atoms with E-state index < -0.39 is 11.4 Å². The molecule has 5 atom stereocenters. The van der Waals surface area contributed by atoms with Crippen LogP contribution in [-0.4, -0.2) is 59.8 Å². The van der Waals surface area contributed by atoms with E-state index in [9.17, 15) is 4.55 Å². The van der Waals surface area contributed by atoms with Crippen molar-refractivity contribution in [3.05, 3.63) is 76.5 Å². The lowest BCUT2D eigenvalue weighted by Crippen LogP contribution is -2.59. The third kappa shape index (κ3) is 4.97. The fraction of sp³-hybridized carbons (Fsp3) is 0.500. The molecule has 8 heteroatoms. The molecule has 0 radical (unpaired) electrons. The summed E-state index contributed by atoms with van der Waals surface area (Å²) >= 11 is -1.44. The molecule has 0 bridgehead atoms. The van der Waals surface area contributed by atoms with Crippen LogP contribution in [0.15, 0.2) is 59.8 Å². The van der Waals surface area contributed by atoms with Crippen LogP contribution in [0.5, 0.6) is 0 Å². The number of fused-ring (bicyclic) bond motifs is 2. The van der Waals surface area contributed by atoms with Crippen molar-refractivity contribution in [2.24, 2.45) is 23.4 Å². The minimum absolute atomic E-state index is 0.140. The van der Waals surface area contributed by atoms with Crippen molar-refractivity contribution in [1.29, 1.82) is 0 Å². The lowest BCUT2D eigenvalue weighted by molar-refractivity contribution is 0.171. The quantitative estimate of drug-likeness (QED) is 0.287. The number of hydrazine groups is 1. The molecule has 36 heavy (non-hydrogen) atoms. The van der Waals surface area contributed by atoms with E-state index in [-0.39, 0.29) is 11.1 Å². The maximum atomic E-state index is 12.4. The lowest BCUT2D eigenvalue weighted by Gasteiger charge is -2.43. The van der Waals surface area contributed by atoms with Gasteiger partial charge in [0.2, 0.25) is 0 Å². The van der Waals surface area contributed by atoms with Gasteiger partial charge in [0.1, 0.15) is 0 Å². The Morgan fingerprint density at radius 1 is 1.14 bits per heavy atom. The van der Waals surface area contributed by atoms with Crippen LogP contribution in [0.4, 0.5) is 5.69 Å². The number of aryl methyl sites for hydroxylation is 1. The number of piperidine rings is 1. The zero-order valence-electron chi connectivity index (χ0n) is 21.1. The Bertz CT molecular complexity index is 1090. The number of rotatable bonds is 8. The van der Waals surface area contributed by atoms with Gasteiger partial charge in [-0.1, -0.05) is 36.4 Å². The number of nitrogens with one attached hydrogen (secondary N) is 1. The molecule has 5 N–H and O–H groups in total. The van der Waals surface area contributed by atoms with Gasteiger partial charge in [0.05, 0.1) is 23.6 Å². The Hall–Kier alpha value is -2.23. The molecule has 0 aromatic heterocycles. The van der Waals surface area contributed by atoms with Crippen molar-refractivity contribution in [2.45, 2.75) is 43.7 Å². The molecule has 2 aliphatic carbocycles. The van der Waals surface area contributed by atoms with Crippen LogP contribution in [0.3, 0.4) is 0 Å². The second-order valence-corrected chi connectivity index (χ2v) is 12.4. The van der Waals surface area contributed by atoms with Gasteiger partial charge in [-0.3, -0.25) is 4.90 Å². The summed E-state index contributed by atoms with van der Waals surface area (Å²) in [6.45, 7) is 4.23. The summed E-state index contributed by atoms with van der Waals surface area (Å²) < 4.78 is 15.5. The van der Waals surface area contributed by atoms with Gasteiger partial charge >= 0.3 is 0 Å². The number of benzene rings is 2. The minimum atomic E-state index is -1.44.